The molecule has 0 saturated carbocycles. The van der Waals surface area contributed by atoms with Crippen molar-refractivity contribution in [3.05, 3.63) is 41.4 Å². The third kappa shape index (κ3) is 5.38. The lowest BCUT2D eigenvalue weighted by atomic mass is 10.2. The first-order chi connectivity index (χ1) is 12.4. The lowest BCUT2D eigenvalue weighted by molar-refractivity contribution is -0.114. The highest BCUT2D eigenvalue weighted by Gasteiger charge is 2.12. The molecule has 0 bridgehead atoms. The van der Waals surface area contributed by atoms with Crippen LogP contribution in [0.3, 0.4) is 0 Å². The number of benzene rings is 2. The number of hydrogen-bond donors (Lipinski definition) is 2. The zero-order chi connectivity index (χ0) is 19.1. The molecule has 2 N–H and O–H groups in total. The lowest BCUT2D eigenvalue weighted by Gasteiger charge is -2.13. The first-order valence-corrected chi connectivity index (χ1v) is 7.81. The van der Waals surface area contributed by atoms with Crippen LogP contribution in [0.2, 0.25) is 5.02 Å². The number of ether oxygens (including phenoxy) is 3. The summed E-state index contributed by atoms with van der Waals surface area (Å²) in [6, 6.07) is 9.19. The molecule has 0 aliphatic heterocycles. The van der Waals surface area contributed by atoms with E-state index in [1.54, 1.807) is 24.3 Å². The topological polar surface area (TPSA) is 68.8 Å². The number of anilines is 2. The van der Waals surface area contributed by atoms with E-state index in [1.807, 2.05) is 0 Å². The van der Waals surface area contributed by atoms with E-state index in [1.165, 1.54) is 26.4 Å². The fraction of sp³-hybridized carbons (Fsp3) is 0.235. The number of alkyl halides is 2. The van der Waals surface area contributed by atoms with Crippen molar-refractivity contribution in [3.8, 4) is 17.2 Å². The second-order valence-electron chi connectivity index (χ2n) is 5.00. The summed E-state index contributed by atoms with van der Waals surface area (Å²) in [6.45, 7) is -3.08. The van der Waals surface area contributed by atoms with Gasteiger partial charge in [-0.15, -0.1) is 0 Å². The number of carbonyl (C=O) groups is 1. The Bertz CT molecular complexity index is 774. The third-order valence-corrected chi connectivity index (χ3v) is 3.56. The van der Waals surface area contributed by atoms with Crippen LogP contribution in [-0.2, 0) is 4.79 Å². The van der Waals surface area contributed by atoms with Crippen molar-refractivity contribution in [3.63, 3.8) is 0 Å². The second kappa shape index (κ2) is 9.10. The van der Waals surface area contributed by atoms with Crippen molar-refractivity contribution in [1.82, 2.24) is 0 Å². The van der Waals surface area contributed by atoms with E-state index in [4.69, 9.17) is 21.1 Å². The summed E-state index contributed by atoms with van der Waals surface area (Å²) in [5.41, 5.74) is 0.920. The molecule has 0 heterocycles. The predicted molar refractivity (Wildman–Crippen MR) is 94.7 cm³/mol. The van der Waals surface area contributed by atoms with E-state index in [9.17, 15) is 13.6 Å². The van der Waals surface area contributed by atoms with Crippen LogP contribution in [-0.4, -0.2) is 33.3 Å². The Hall–Kier alpha value is -2.74. The number of hydrogen-bond acceptors (Lipinski definition) is 5. The molecule has 0 aromatic heterocycles. The SMILES string of the molecule is COc1ccc(NC(=O)CNc2ccc(OC)c(OC(F)F)c2)cc1Cl. The van der Waals surface area contributed by atoms with Crippen LogP contribution in [0, 0.1) is 0 Å². The van der Waals surface area contributed by atoms with Gasteiger partial charge in [-0.2, -0.15) is 8.78 Å². The van der Waals surface area contributed by atoms with Gasteiger partial charge in [-0.05, 0) is 30.3 Å². The summed E-state index contributed by atoms with van der Waals surface area (Å²) in [5.74, 6) is 0.175. The second-order valence-corrected chi connectivity index (χ2v) is 5.40. The average molecular weight is 387 g/mol. The number of halogens is 3. The zero-order valence-electron chi connectivity index (χ0n) is 14.0. The van der Waals surface area contributed by atoms with Crippen LogP contribution < -0.4 is 24.8 Å². The molecule has 2 aromatic carbocycles. The number of rotatable bonds is 8. The molecule has 0 aliphatic rings. The van der Waals surface area contributed by atoms with E-state index in [0.29, 0.717) is 22.1 Å². The molecule has 0 aliphatic carbocycles. The van der Waals surface area contributed by atoms with Gasteiger partial charge in [0.15, 0.2) is 11.5 Å². The minimum atomic E-state index is -2.98. The van der Waals surface area contributed by atoms with Crippen molar-refractivity contribution in [2.75, 3.05) is 31.4 Å². The smallest absolute Gasteiger partial charge is 0.387 e. The van der Waals surface area contributed by atoms with Gasteiger partial charge in [-0.25, -0.2) is 0 Å². The van der Waals surface area contributed by atoms with Crippen LogP contribution in [0.4, 0.5) is 20.2 Å². The molecular formula is C17H17ClF2N2O4. The summed E-state index contributed by atoms with van der Waals surface area (Å²) in [4.78, 5) is 12.0. The fourth-order valence-corrected chi connectivity index (χ4v) is 2.36. The average Bonchev–Trinajstić information content (AvgIpc) is 2.60. The molecule has 26 heavy (non-hydrogen) atoms. The van der Waals surface area contributed by atoms with Gasteiger partial charge in [0.1, 0.15) is 5.75 Å². The van der Waals surface area contributed by atoms with Crippen LogP contribution in [0.25, 0.3) is 0 Å². The summed E-state index contributed by atoms with van der Waals surface area (Å²) >= 11 is 5.99. The van der Waals surface area contributed by atoms with Gasteiger partial charge in [0.2, 0.25) is 5.91 Å². The molecule has 0 atom stereocenters. The van der Waals surface area contributed by atoms with Gasteiger partial charge in [-0.1, -0.05) is 11.6 Å². The normalized spacial score (nSPS) is 10.4. The van der Waals surface area contributed by atoms with Crippen molar-refractivity contribution in [2.24, 2.45) is 0 Å². The predicted octanol–water partition coefficient (Wildman–Crippen LogP) is 4.01. The van der Waals surface area contributed by atoms with E-state index >= 15 is 0 Å². The zero-order valence-corrected chi connectivity index (χ0v) is 14.8. The summed E-state index contributed by atoms with van der Waals surface area (Å²) in [7, 11) is 2.83. The van der Waals surface area contributed by atoms with Gasteiger partial charge in [0.05, 0.1) is 25.8 Å². The van der Waals surface area contributed by atoms with Gasteiger partial charge < -0.3 is 24.8 Å². The van der Waals surface area contributed by atoms with E-state index in [2.05, 4.69) is 15.4 Å². The number of carbonyl (C=O) groups excluding carboxylic acids is 1. The number of amides is 1. The third-order valence-electron chi connectivity index (χ3n) is 3.27. The van der Waals surface area contributed by atoms with Gasteiger partial charge >= 0.3 is 6.61 Å². The Kier molecular flexibility index (Phi) is 6.85. The quantitative estimate of drug-likeness (QED) is 0.717. The minimum Gasteiger partial charge on any atom is -0.495 e. The van der Waals surface area contributed by atoms with Crippen molar-refractivity contribution in [2.45, 2.75) is 6.61 Å². The van der Waals surface area contributed by atoms with Crippen molar-refractivity contribution in [1.29, 1.82) is 0 Å². The molecule has 0 saturated heterocycles. The molecule has 9 heteroatoms. The van der Waals surface area contributed by atoms with Crippen LogP contribution >= 0.6 is 11.6 Å². The van der Waals surface area contributed by atoms with Crippen LogP contribution in [0.15, 0.2) is 36.4 Å². The molecular weight excluding hydrogens is 370 g/mol. The molecule has 2 rings (SSSR count). The summed E-state index contributed by atoms with van der Waals surface area (Å²) in [5, 5.41) is 5.84. The van der Waals surface area contributed by atoms with E-state index in [0.717, 1.165) is 0 Å². The molecule has 0 unspecified atom stereocenters. The van der Waals surface area contributed by atoms with Crippen LogP contribution in [0.5, 0.6) is 17.2 Å². The van der Waals surface area contributed by atoms with Gasteiger partial charge in [-0.3, -0.25) is 4.79 Å². The summed E-state index contributed by atoms with van der Waals surface area (Å²) in [6.07, 6.45) is 0. The van der Waals surface area contributed by atoms with Crippen molar-refractivity contribution < 1.29 is 27.8 Å². The molecule has 0 spiro atoms. The Morgan fingerprint density at radius 1 is 1.04 bits per heavy atom. The summed E-state index contributed by atoms with van der Waals surface area (Å²) < 4.78 is 39.2. The Morgan fingerprint density at radius 2 is 1.69 bits per heavy atom. The van der Waals surface area contributed by atoms with Crippen LogP contribution in [0.1, 0.15) is 0 Å². The Labute approximate surface area is 154 Å². The lowest BCUT2D eigenvalue weighted by Crippen LogP contribution is -2.21. The maximum Gasteiger partial charge on any atom is 0.387 e. The standard InChI is InChI=1S/C17H17ClF2N2O4/c1-24-13-5-4-11(7-12(13)18)22-16(23)9-21-10-3-6-14(25-2)15(8-10)26-17(19)20/h3-8,17,21H,9H2,1-2H3,(H,22,23). The minimum absolute atomic E-state index is 0.0932. The van der Waals surface area contributed by atoms with Gasteiger partial charge in [0.25, 0.3) is 0 Å². The highest BCUT2D eigenvalue weighted by molar-refractivity contribution is 6.32. The monoisotopic (exact) mass is 386 g/mol. The number of nitrogens with one attached hydrogen (secondary N) is 2. The maximum atomic E-state index is 12.4. The highest BCUT2D eigenvalue weighted by atomic mass is 35.5. The number of methoxy groups -OCH3 is 2. The fourth-order valence-electron chi connectivity index (χ4n) is 2.11. The Balaban J connectivity index is 1.97. The highest BCUT2D eigenvalue weighted by Crippen LogP contribution is 2.31. The molecule has 1 amide bonds. The largest absolute Gasteiger partial charge is 0.495 e. The van der Waals surface area contributed by atoms with Gasteiger partial charge in [0, 0.05) is 17.4 Å². The van der Waals surface area contributed by atoms with E-state index in [-0.39, 0.29) is 24.0 Å². The Morgan fingerprint density at radius 3 is 2.31 bits per heavy atom. The first-order valence-electron chi connectivity index (χ1n) is 7.43. The first kappa shape index (κ1) is 19.6. The maximum absolute atomic E-state index is 12.4. The molecule has 0 fully saturated rings. The molecule has 140 valence electrons. The molecule has 2 aromatic rings. The van der Waals surface area contributed by atoms with Crippen molar-refractivity contribution >= 4 is 28.9 Å². The van der Waals surface area contributed by atoms with E-state index < -0.39 is 6.61 Å². The molecule has 6 nitrogen and oxygen atoms in total. The molecule has 0 radical (unpaired) electrons.